The van der Waals surface area contributed by atoms with Crippen LogP contribution in [0.1, 0.15) is 271 Å². The van der Waals surface area contributed by atoms with E-state index in [4.69, 9.17) is 18.5 Å². The number of carbonyl (C=O) groups is 2. The Morgan fingerprint density at radius 3 is 1.03 bits per heavy atom. The lowest BCUT2D eigenvalue weighted by molar-refractivity contribution is -0.870. The predicted octanol–water partition coefficient (Wildman–Crippen LogP) is 15.9. The Labute approximate surface area is 384 Å². The fourth-order valence-corrected chi connectivity index (χ4v) is 8.70. The summed E-state index contributed by atoms with van der Waals surface area (Å²) in [6, 6.07) is 0. The molecule has 62 heavy (non-hydrogen) atoms. The second kappa shape index (κ2) is 45.2. The molecule has 0 rings (SSSR count). The maximum Gasteiger partial charge on any atom is 0.472 e. The van der Waals surface area contributed by atoms with Crippen LogP contribution in [0, 0.1) is 0 Å². The Balaban J connectivity index is 4.12. The molecule has 0 saturated heterocycles. The number of carbonyl (C=O) groups excluding carboxylic acids is 2. The number of nitrogens with zero attached hydrogens (tertiary/aromatic N) is 1. The van der Waals surface area contributed by atoms with Crippen molar-refractivity contribution in [1.29, 1.82) is 0 Å². The van der Waals surface area contributed by atoms with Crippen molar-refractivity contribution in [3.63, 3.8) is 0 Å². The van der Waals surface area contributed by atoms with Gasteiger partial charge in [0, 0.05) is 12.8 Å². The summed E-state index contributed by atoms with van der Waals surface area (Å²) in [5, 5.41) is 0. The van der Waals surface area contributed by atoms with Crippen LogP contribution in [0.2, 0.25) is 0 Å². The van der Waals surface area contributed by atoms with Crippen molar-refractivity contribution in [2.75, 3.05) is 47.5 Å². The van der Waals surface area contributed by atoms with Crippen LogP contribution in [0.25, 0.3) is 0 Å². The normalized spacial score (nSPS) is 13.3. The van der Waals surface area contributed by atoms with Gasteiger partial charge in [-0.1, -0.05) is 245 Å². The van der Waals surface area contributed by atoms with Crippen molar-refractivity contribution < 1.29 is 42.1 Å². The Hall–Kier alpha value is -0.990. The van der Waals surface area contributed by atoms with Crippen LogP contribution >= 0.6 is 7.82 Å². The molecule has 0 radical (unpaired) electrons. The van der Waals surface area contributed by atoms with E-state index in [-0.39, 0.29) is 25.6 Å². The van der Waals surface area contributed by atoms with Crippen LogP contribution < -0.4 is 0 Å². The lowest BCUT2D eigenvalue weighted by atomic mass is 10.0. The highest BCUT2D eigenvalue weighted by Gasteiger charge is 2.27. The molecule has 0 bridgehead atoms. The lowest BCUT2D eigenvalue weighted by Crippen LogP contribution is -2.37. The zero-order valence-corrected chi connectivity index (χ0v) is 42.8. The number of quaternary nitrogens is 1. The molecule has 0 saturated carbocycles. The fourth-order valence-electron chi connectivity index (χ4n) is 7.96. The number of hydrogen-bond donors (Lipinski definition) is 1. The number of ether oxygens (including phenoxy) is 2. The van der Waals surface area contributed by atoms with Crippen molar-refractivity contribution >= 4 is 19.8 Å². The zero-order chi connectivity index (χ0) is 45.7. The highest BCUT2D eigenvalue weighted by molar-refractivity contribution is 7.47. The number of phosphoric ester groups is 1. The smallest absolute Gasteiger partial charge is 0.462 e. The van der Waals surface area contributed by atoms with Crippen LogP contribution in [0.5, 0.6) is 0 Å². The largest absolute Gasteiger partial charge is 0.472 e. The maximum atomic E-state index is 12.7. The molecule has 0 aromatic carbocycles. The van der Waals surface area contributed by atoms with Crippen molar-refractivity contribution in [3.05, 3.63) is 0 Å². The first-order chi connectivity index (χ1) is 30.0. The molecule has 10 heteroatoms. The molecule has 0 spiro atoms. The van der Waals surface area contributed by atoms with Crippen molar-refractivity contribution in [2.24, 2.45) is 0 Å². The summed E-state index contributed by atoms with van der Waals surface area (Å²) in [5.74, 6) is -0.777. The van der Waals surface area contributed by atoms with Gasteiger partial charge in [-0.15, -0.1) is 0 Å². The topological polar surface area (TPSA) is 108 Å². The van der Waals surface area contributed by atoms with Gasteiger partial charge >= 0.3 is 19.8 Å². The number of rotatable bonds is 50. The molecular weight excluding hydrogens is 798 g/mol. The summed E-state index contributed by atoms with van der Waals surface area (Å²) in [7, 11) is 1.50. The van der Waals surface area contributed by atoms with Crippen LogP contribution in [0.3, 0.4) is 0 Å². The SMILES string of the molecule is CCCCCCCCCCCCCCCCCCCCCCCCCC(=O)OC[C@@H](COP(=O)(O)OCC[N+](C)(C)C)OC(=O)CCCCCCCCCCCCCCCCC. The summed E-state index contributed by atoms with van der Waals surface area (Å²) >= 11 is 0. The van der Waals surface area contributed by atoms with E-state index in [1.165, 1.54) is 205 Å². The molecule has 1 N–H and O–H groups in total. The highest BCUT2D eigenvalue weighted by atomic mass is 31.2. The van der Waals surface area contributed by atoms with Crippen molar-refractivity contribution in [3.8, 4) is 0 Å². The molecule has 9 nitrogen and oxygen atoms in total. The number of hydrogen-bond acceptors (Lipinski definition) is 7. The van der Waals surface area contributed by atoms with E-state index in [0.717, 1.165) is 38.5 Å². The van der Waals surface area contributed by atoms with Gasteiger partial charge in [0.05, 0.1) is 27.7 Å². The molecule has 1 unspecified atom stereocenters. The summed E-state index contributed by atoms with van der Waals surface area (Å²) in [6.07, 6.45) is 48.7. The summed E-state index contributed by atoms with van der Waals surface area (Å²) in [4.78, 5) is 35.5. The average molecular weight is 903 g/mol. The fraction of sp³-hybridized carbons (Fsp3) is 0.962. The summed E-state index contributed by atoms with van der Waals surface area (Å²) < 4.78 is 34.5. The van der Waals surface area contributed by atoms with Crippen LogP contribution in [0.4, 0.5) is 0 Å². The second-order valence-electron chi connectivity index (χ2n) is 19.6. The summed E-state index contributed by atoms with van der Waals surface area (Å²) in [6.45, 7) is 4.49. The van der Waals surface area contributed by atoms with Gasteiger partial charge in [-0.25, -0.2) is 4.57 Å². The van der Waals surface area contributed by atoms with Gasteiger partial charge in [0.1, 0.15) is 19.8 Å². The van der Waals surface area contributed by atoms with Gasteiger partial charge in [0.25, 0.3) is 0 Å². The minimum Gasteiger partial charge on any atom is -0.462 e. The van der Waals surface area contributed by atoms with Gasteiger partial charge in [-0.2, -0.15) is 0 Å². The van der Waals surface area contributed by atoms with E-state index in [9.17, 15) is 19.0 Å². The van der Waals surface area contributed by atoms with Gasteiger partial charge in [-0.05, 0) is 12.8 Å². The van der Waals surface area contributed by atoms with Gasteiger partial charge in [0.2, 0.25) is 0 Å². The Bertz CT molecular complexity index is 1020. The second-order valence-corrected chi connectivity index (χ2v) is 21.1. The van der Waals surface area contributed by atoms with Crippen LogP contribution in [-0.2, 0) is 32.7 Å². The van der Waals surface area contributed by atoms with Crippen molar-refractivity contribution in [2.45, 2.75) is 277 Å². The van der Waals surface area contributed by atoms with E-state index >= 15 is 0 Å². The molecule has 370 valence electrons. The van der Waals surface area contributed by atoms with E-state index < -0.39 is 26.5 Å². The Morgan fingerprint density at radius 2 is 0.726 bits per heavy atom. The number of likely N-dealkylation sites (N-methyl/N-ethyl adjacent to an activating group) is 1. The molecule has 0 heterocycles. The molecule has 0 amide bonds. The first-order valence-electron chi connectivity index (χ1n) is 26.8. The average Bonchev–Trinajstić information content (AvgIpc) is 3.23. The van der Waals surface area contributed by atoms with Gasteiger partial charge in [0.15, 0.2) is 6.10 Å². The molecule has 2 atom stereocenters. The first kappa shape index (κ1) is 61.0. The maximum absolute atomic E-state index is 12.7. The minimum atomic E-state index is -4.37. The molecule has 0 aliphatic carbocycles. The Kier molecular flexibility index (Phi) is 44.5. The van der Waals surface area contributed by atoms with Crippen molar-refractivity contribution in [1.82, 2.24) is 0 Å². The quantitative estimate of drug-likeness (QED) is 0.0278. The highest BCUT2D eigenvalue weighted by Crippen LogP contribution is 2.43. The molecule has 0 aromatic rings. The predicted molar refractivity (Wildman–Crippen MR) is 261 cm³/mol. The van der Waals surface area contributed by atoms with Crippen LogP contribution in [0.15, 0.2) is 0 Å². The van der Waals surface area contributed by atoms with Crippen LogP contribution in [-0.4, -0.2) is 74.9 Å². The van der Waals surface area contributed by atoms with Gasteiger partial charge < -0.3 is 18.9 Å². The number of phosphoric acid groups is 1. The van der Waals surface area contributed by atoms with E-state index in [1.807, 2.05) is 21.1 Å². The molecule has 0 aliphatic rings. The third-order valence-corrected chi connectivity index (χ3v) is 13.1. The molecule has 0 aliphatic heterocycles. The minimum absolute atomic E-state index is 0.0372. The number of unbranched alkanes of at least 4 members (excludes halogenated alkanes) is 36. The molecule has 0 aromatic heterocycles. The molecular formula is C52H105NO8P+. The Morgan fingerprint density at radius 1 is 0.435 bits per heavy atom. The number of esters is 2. The zero-order valence-electron chi connectivity index (χ0n) is 41.9. The van der Waals surface area contributed by atoms with Gasteiger partial charge in [-0.3, -0.25) is 18.6 Å². The monoisotopic (exact) mass is 903 g/mol. The molecule has 0 fully saturated rings. The first-order valence-corrected chi connectivity index (χ1v) is 28.3. The van der Waals surface area contributed by atoms with E-state index in [0.29, 0.717) is 17.4 Å². The van der Waals surface area contributed by atoms with E-state index in [2.05, 4.69) is 13.8 Å². The lowest BCUT2D eigenvalue weighted by Gasteiger charge is -2.24. The third kappa shape index (κ3) is 48.5. The summed E-state index contributed by atoms with van der Waals surface area (Å²) in [5.41, 5.74) is 0. The van der Waals surface area contributed by atoms with E-state index in [1.54, 1.807) is 0 Å². The third-order valence-electron chi connectivity index (χ3n) is 12.1. The standard InChI is InChI=1S/C52H104NO8P/c1-6-8-10-12-14-16-18-20-22-23-24-25-26-27-28-29-31-32-34-36-38-40-42-44-51(54)58-48-50(49-60-62(56,57)59-47-46-53(3,4)5)61-52(55)45-43-41-39-37-35-33-30-21-19-17-15-13-11-9-7-2/h50H,6-49H2,1-5H3/p+1/t50-/m0/s1.